The van der Waals surface area contributed by atoms with E-state index in [4.69, 9.17) is 0 Å². The van der Waals surface area contributed by atoms with Gasteiger partial charge in [-0.15, -0.1) is 5.10 Å². The normalized spacial score (nSPS) is 16.1. The summed E-state index contributed by atoms with van der Waals surface area (Å²) >= 11 is 1.16. The summed E-state index contributed by atoms with van der Waals surface area (Å²) in [5, 5.41) is 4.98. The number of carbonyl (C=O) groups is 1. The molecule has 23 heavy (non-hydrogen) atoms. The van der Waals surface area contributed by atoms with Gasteiger partial charge >= 0.3 is 0 Å². The number of H-pyrrole nitrogens is 1. The zero-order valence-corrected chi connectivity index (χ0v) is 13.4. The lowest BCUT2D eigenvalue weighted by molar-refractivity contribution is 0.0633. The van der Waals surface area contributed by atoms with Crippen molar-refractivity contribution >= 4 is 28.3 Å². The number of nitrogens with one attached hydrogen (secondary N) is 1. The smallest absolute Gasteiger partial charge is 0.267 e. The average molecular weight is 327 g/mol. The number of amides is 1. The first-order valence-electron chi connectivity index (χ1n) is 7.65. The van der Waals surface area contributed by atoms with E-state index in [1.165, 1.54) is 16.5 Å². The summed E-state index contributed by atoms with van der Waals surface area (Å²) in [5.74, 6) is 0.0473. The third kappa shape index (κ3) is 2.85. The fourth-order valence-electron chi connectivity index (χ4n) is 3.05. The lowest BCUT2D eigenvalue weighted by atomic mass is 10.1. The van der Waals surface area contributed by atoms with Crippen molar-refractivity contribution in [2.24, 2.45) is 0 Å². The van der Waals surface area contributed by atoms with Gasteiger partial charge in [0, 0.05) is 44.4 Å². The fraction of sp³-hybridized carbons (Fsp3) is 0.312. The van der Waals surface area contributed by atoms with E-state index in [9.17, 15) is 4.79 Å². The van der Waals surface area contributed by atoms with Gasteiger partial charge in [0.25, 0.3) is 5.91 Å². The summed E-state index contributed by atoms with van der Waals surface area (Å²) in [6, 6.07) is 8.48. The Morgan fingerprint density at radius 3 is 2.87 bits per heavy atom. The second-order valence-corrected chi connectivity index (χ2v) is 6.49. The van der Waals surface area contributed by atoms with E-state index in [1.807, 2.05) is 11.1 Å². The molecule has 6 nitrogen and oxygen atoms in total. The summed E-state index contributed by atoms with van der Waals surface area (Å²) in [6.45, 7) is 4.17. The maximum Gasteiger partial charge on any atom is 0.267 e. The molecule has 3 aromatic rings. The number of aromatic nitrogens is 3. The molecule has 1 aliphatic heterocycles. The van der Waals surface area contributed by atoms with Gasteiger partial charge in [0.1, 0.15) is 4.88 Å². The zero-order valence-electron chi connectivity index (χ0n) is 12.6. The van der Waals surface area contributed by atoms with Crippen LogP contribution in [0.2, 0.25) is 0 Å². The molecular formula is C16H17N5OS. The Kier molecular flexibility index (Phi) is 3.80. The average Bonchev–Trinajstić information content (AvgIpc) is 3.27. The van der Waals surface area contributed by atoms with Gasteiger partial charge in [0.2, 0.25) is 0 Å². The van der Waals surface area contributed by atoms with Crippen LogP contribution < -0.4 is 0 Å². The molecular weight excluding hydrogens is 310 g/mol. The second-order valence-electron chi connectivity index (χ2n) is 5.71. The summed E-state index contributed by atoms with van der Waals surface area (Å²) < 4.78 is 3.76. The summed E-state index contributed by atoms with van der Waals surface area (Å²) in [4.78, 5) is 20.5. The van der Waals surface area contributed by atoms with Crippen LogP contribution in [0, 0.1) is 0 Å². The highest BCUT2D eigenvalue weighted by atomic mass is 32.1. The number of benzene rings is 1. The van der Waals surface area contributed by atoms with Gasteiger partial charge in [0.05, 0.1) is 6.20 Å². The molecule has 3 heterocycles. The summed E-state index contributed by atoms with van der Waals surface area (Å²) in [5.41, 5.74) is 2.51. The van der Waals surface area contributed by atoms with Gasteiger partial charge in [0.15, 0.2) is 0 Å². The summed E-state index contributed by atoms with van der Waals surface area (Å²) in [7, 11) is 0. The van der Waals surface area contributed by atoms with Crippen molar-refractivity contribution in [3.63, 3.8) is 0 Å². The predicted octanol–water partition coefficient (Wildman–Crippen LogP) is 1.98. The largest absolute Gasteiger partial charge is 0.361 e. The van der Waals surface area contributed by atoms with E-state index in [1.54, 1.807) is 6.20 Å². The van der Waals surface area contributed by atoms with Gasteiger partial charge in [-0.05, 0) is 28.5 Å². The van der Waals surface area contributed by atoms with Crippen LogP contribution in [-0.4, -0.2) is 56.5 Å². The molecule has 1 aliphatic rings. The highest BCUT2D eigenvalue weighted by molar-refractivity contribution is 7.07. The van der Waals surface area contributed by atoms with E-state index in [-0.39, 0.29) is 5.91 Å². The van der Waals surface area contributed by atoms with Crippen LogP contribution in [-0.2, 0) is 6.54 Å². The summed E-state index contributed by atoms with van der Waals surface area (Å²) in [6.07, 6.45) is 3.53. The third-order valence-corrected chi connectivity index (χ3v) is 4.95. The lowest BCUT2D eigenvalue weighted by Gasteiger charge is -2.34. The van der Waals surface area contributed by atoms with Crippen molar-refractivity contribution < 1.29 is 4.79 Å². The van der Waals surface area contributed by atoms with Gasteiger partial charge in [-0.25, -0.2) is 0 Å². The van der Waals surface area contributed by atoms with Crippen molar-refractivity contribution in [3.8, 4) is 0 Å². The first-order chi connectivity index (χ1) is 11.3. The Labute approximate surface area is 137 Å². The van der Waals surface area contributed by atoms with Crippen LogP contribution in [0.3, 0.4) is 0 Å². The van der Waals surface area contributed by atoms with Gasteiger partial charge in [-0.2, -0.15) is 0 Å². The van der Waals surface area contributed by atoms with E-state index >= 15 is 0 Å². The van der Waals surface area contributed by atoms with Gasteiger partial charge in [-0.1, -0.05) is 22.7 Å². The molecule has 0 aliphatic carbocycles. The number of nitrogens with zero attached hydrogens (tertiary/aromatic N) is 4. The molecule has 0 unspecified atom stereocenters. The molecule has 4 rings (SSSR count). The van der Waals surface area contributed by atoms with Gasteiger partial charge in [-0.3, -0.25) is 9.69 Å². The van der Waals surface area contributed by atoms with Crippen LogP contribution in [0.4, 0.5) is 0 Å². The van der Waals surface area contributed by atoms with Crippen LogP contribution in [0.1, 0.15) is 15.2 Å². The minimum Gasteiger partial charge on any atom is -0.361 e. The number of rotatable bonds is 3. The topological polar surface area (TPSA) is 65.1 Å². The Bertz CT molecular complexity index is 805. The molecule has 1 fully saturated rings. The van der Waals surface area contributed by atoms with E-state index in [2.05, 4.69) is 43.7 Å². The molecule has 1 amide bonds. The quantitative estimate of drug-likeness (QED) is 0.799. The predicted molar refractivity (Wildman–Crippen MR) is 89.4 cm³/mol. The molecule has 0 bridgehead atoms. The van der Waals surface area contributed by atoms with E-state index in [0.29, 0.717) is 4.88 Å². The molecule has 1 aromatic carbocycles. The Hall–Kier alpha value is -2.25. The molecule has 0 radical (unpaired) electrons. The molecule has 1 N–H and O–H groups in total. The number of piperazine rings is 1. The Morgan fingerprint density at radius 1 is 1.22 bits per heavy atom. The van der Waals surface area contributed by atoms with Crippen molar-refractivity contribution in [1.82, 2.24) is 24.4 Å². The maximum atomic E-state index is 12.3. The third-order valence-electron chi connectivity index (χ3n) is 4.30. The SMILES string of the molecule is O=C(c1cnns1)N1CCN(Cc2cccc3cc[nH]c23)CC1. The maximum absolute atomic E-state index is 12.3. The monoisotopic (exact) mass is 327 g/mol. The molecule has 2 aromatic heterocycles. The Balaban J connectivity index is 1.40. The second kappa shape index (κ2) is 6.10. The number of hydrogen-bond donors (Lipinski definition) is 1. The fourth-order valence-corrected chi connectivity index (χ4v) is 3.53. The Morgan fingerprint density at radius 2 is 2.09 bits per heavy atom. The van der Waals surface area contributed by atoms with Crippen molar-refractivity contribution in [2.75, 3.05) is 26.2 Å². The van der Waals surface area contributed by atoms with Crippen LogP contribution in [0.25, 0.3) is 10.9 Å². The van der Waals surface area contributed by atoms with E-state index < -0.39 is 0 Å². The number of hydrogen-bond acceptors (Lipinski definition) is 5. The first-order valence-corrected chi connectivity index (χ1v) is 8.42. The van der Waals surface area contributed by atoms with Crippen LogP contribution in [0.15, 0.2) is 36.7 Å². The van der Waals surface area contributed by atoms with Crippen molar-refractivity contribution in [3.05, 3.63) is 47.1 Å². The minimum absolute atomic E-state index is 0.0473. The van der Waals surface area contributed by atoms with Crippen molar-refractivity contribution in [1.29, 1.82) is 0 Å². The molecule has 7 heteroatoms. The minimum atomic E-state index is 0.0473. The number of carbonyl (C=O) groups excluding carboxylic acids is 1. The molecule has 0 saturated carbocycles. The number of fused-ring (bicyclic) bond motifs is 1. The van der Waals surface area contributed by atoms with Crippen LogP contribution in [0.5, 0.6) is 0 Å². The van der Waals surface area contributed by atoms with E-state index in [0.717, 1.165) is 44.3 Å². The molecule has 1 saturated heterocycles. The van der Waals surface area contributed by atoms with Crippen molar-refractivity contribution in [2.45, 2.75) is 6.54 Å². The first kappa shape index (κ1) is 14.3. The molecule has 0 atom stereocenters. The molecule has 0 spiro atoms. The lowest BCUT2D eigenvalue weighted by Crippen LogP contribution is -2.48. The number of aromatic amines is 1. The highest BCUT2D eigenvalue weighted by Gasteiger charge is 2.23. The standard InChI is InChI=1S/C16H17N5OS/c22-16(14-10-18-19-23-14)21-8-6-20(7-9-21)11-13-3-1-2-12-4-5-17-15(12)13/h1-5,10,17H,6-9,11H2. The number of para-hydroxylation sites is 1. The molecule has 118 valence electrons. The van der Waals surface area contributed by atoms with Crippen LogP contribution >= 0.6 is 11.5 Å². The highest BCUT2D eigenvalue weighted by Crippen LogP contribution is 2.19. The zero-order chi connectivity index (χ0) is 15.6. The van der Waals surface area contributed by atoms with Gasteiger partial charge < -0.3 is 9.88 Å².